The van der Waals surface area contributed by atoms with E-state index in [4.69, 9.17) is 9.97 Å². The summed E-state index contributed by atoms with van der Waals surface area (Å²) in [7, 11) is 1.86. The summed E-state index contributed by atoms with van der Waals surface area (Å²) in [5.74, 6) is -0.767. The number of nitrogens with zero attached hydrogens (tertiary/aromatic N) is 7. The summed E-state index contributed by atoms with van der Waals surface area (Å²) in [5, 5.41) is 23.9. The Morgan fingerprint density at radius 1 is 1.14 bits per heavy atom. The quantitative estimate of drug-likeness (QED) is 0.337. The Bertz CT molecular complexity index is 1790. The van der Waals surface area contributed by atoms with E-state index in [2.05, 4.69) is 21.2 Å². The maximum absolute atomic E-state index is 15.8. The molecule has 2 aromatic heterocycles. The highest BCUT2D eigenvalue weighted by molar-refractivity contribution is 7.16. The van der Waals surface area contributed by atoms with Crippen LogP contribution in [-0.2, 0) is 17.9 Å². The molecule has 3 aliphatic rings. The van der Waals surface area contributed by atoms with Gasteiger partial charge in [0.25, 0.3) is 0 Å². The van der Waals surface area contributed by atoms with E-state index in [1.54, 1.807) is 17.0 Å². The molecule has 0 aliphatic carbocycles. The molecule has 0 atom stereocenters. The van der Waals surface area contributed by atoms with Crippen molar-refractivity contribution < 1.29 is 18.7 Å². The number of pyridine rings is 1. The summed E-state index contributed by atoms with van der Waals surface area (Å²) in [6.45, 7) is 4.75. The van der Waals surface area contributed by atoms with Crippen LogP contribution in [0.3, 0.4) is 0 Å². The van der Waals surface area contributed by atoms with E-state index in [1.807, 2.05) is 18.0 Å². The lowest BCUT2D eigenvalue weighted by atomic mass is 10.0. The number of amides is 1. The highest BCUT2D eigenvalue weighted by atomic mass is 32.1. The highest BCUT2D eigenvalue weighted by Gasteiger charge is 2.31. The molecule has 0 unspecified atom stereocenters. The molecule has 0 saturated carbocycles. The molecule has 2 saturated heterocycles. The van der Waals surface area contributed by atoms with Crippen molar-refractivity contribution in [3.63, 3.8) is 0 Å². The normalized spacial score (nSPS) is 17.1. The maximum atomic E-state index is 15.8. The molecule has 226 valence electrons. The molecule has 3 aliphatic heterocycles. The first-order valence-electron chi connectivity index (χ1n) is 14.5. The van der Waals surface area contributed by atoms with Crippen molar-refractivity contribution in [1.82, 2.24) is 25.1 Å². The highest BCUT2D eigenvalue weighted by Crippen LogP contribution is 2.42. The molecule has 44 heavy (non-hydrogen) atoms. The number of benzene rings is 2. The van der Waals surface area contributed by atoms with Gasteiger partial charge in [-0.05, 0) is 36.4 Å². The van der Waals surface area contributed by atoms with Crippen molar-refractivity contribution in [2.24, 2.45) is 0 Å². The average Bonchev–Trinajstić information content (AvgIpc) is 3.66. The third kappa shape index (κ3) is 5.13. The number of halogens is 2. The number of aliphatic hydroxyl groups is 1. The summed E-state index contributed by atoms with van der Waals surface area (Å²) in [6.07, 6.45) is -0.421. The van der Waals surface area contributed by atoms with Crippen LogP contribution in [-0.4, -0.2) is 89.7 Å². The topological polar surface area (TPSA) is 112 Å². The molecule has 2 aromatic carbocycles. The Labute approximate surface area is 256 Å². The number of anilines is 3. The van der Waals surface area contributed by atoms with Crippen LogP contribution < -0.4 is 15.1 Å². The number of hydrogen-bond acceptors (Lipinski definition) is 10. The van der Waals surface area contributed by atoms with Crippen LogP contribution in [0.5, 0.6) is 0 Å². The number of aliphatic hydroxyl groups excluding tert-OH is 1. The van der Waals surface area contributed by atoms with E-state index in [0.29, 0.717) is 85.6 Å². The molecule has 7 rings (SSSR count). The number of carbonyl (C=O) groups excluding carboxylic acids is 1. The molecule has 2 fully saturated rings. The van der Waals surface area contributed by atoms with E-state index in [1.165, 1.54) is 29.5 Å². The van der Waals surface area contributed by atoms with Crippen molar-refractivity contribution in [1.29, 1.82) is 5.26 Å². The number of aromatic nitrogens is 2. The van der Waals surface area contributed by atoms with Crippen molar-refractivity contribution in [2.45, 2.75) is 19.2 Å². The number of fused-ring (bicyclic) bond motifs is 2. The van der Waals surface area contributed by atoms with Gasteiger partial charge in [0.15, 0.2) is 10.9 Å². The largest absolute Gasteiger partial charge is 0.389 e. The first-order chi connectivity index (χ1) is 21.3. The molecule has 0 radical (unpaired) electrons. The first kappa shape index (κ1) is 28.5. The lowest BCUT2D eigenvalue weighted by molar-refractivity contribution is -0.142. The van der Waals surface area contributed by atoms with Crippen LogP contribution in [0.4, 0.5) is 25.3 Å². The zero-order chi connectivity index (χ0) is 30.5. The van der Waals surface area contributed by atoms with Crippen LogP contribution in [0.25, 0.3) is 22.2 Å². The zero-order valence-corrected chi connectivity index (χ0v) is 24.9. The Balaban J connectivity index is 1.20. The fourth-order valence-electron chi connectivity index (χ4n) is 6.13. The van der Waals surface area contributed by atoms with Gasteiger partial charge >= 0.3 is 0 Å². The molecule has 4 aromatic rings. The van der Waals surface area contributed by atoms with E-state index in [0.717, 1.165) is 22.6 Å². The van der Waals surface area contributed by atoms with Gasteiger partial charge in [-0.15, -0.1) is 0 Å². The third-order valence-corrected chi connectivity index (χ3v) is 9.58. The summed E-state index contributed by atoms with van der Waals surface area (Å²) >= 11 is 1.23. The number of likely N-dealkylation sites (tertiary alicyclic amines) is 1. The van der Waals surface area contributed by atoms with Crippen LogP contribution in [0.2, 0.25) is 0 Å². The van der Waals surface area contributed by atoms with Crippen LogP contribution in [0, 0.1) is 23.0 Å². The van der Waals surface area contributed by atoms with Gasteiger partial charge in [0.05, 0.1) is 24.0 Å². The van der Waals surface area contributed by atoms with Gasteiger partial charge in [-0.2, -0.15) is 5.26 Å². The third-order valence-electron chi connectivity index (χ3n) is 8.55. The SMILES string of the molecule is CN(c1nc(-c2ccc(F)cc2)c(C#N)s1)c1c2c(nc3c(F)cc(N4CCN(CC(=O)N5CC(O)C5)CC4)cc13)CNC2. The number of β-amino-alcohol motifs (C(OH)–C–C–N with tert-alkyl or cyclic N) is 1. The molecule has 0 spiro atoms. The smallest absolute Gasteiger partial charge is 0.236 e. The Morgan fingerprint density at radius 2 is 1.89 bits per heavy atom. The van der Waals surface area contributed by atoms with Crippen molar-refractivity contribution in [3.05, 3.63) is 64.2 Å². The molecule has 2 N–H and O–H groups in total. The van der Waals surface area contributed by atoms with Crippen molar-refractivity contribution >= 4 is 44.7 Å². The van der Waals surface area contributed by atoms with Gasteiger partial charge in [-0.1, -0.05) is 11.3 Å². The Morgan fingerprint density at radius 3 is 2.59 bits per heavy atom. The summed E-state index contributed by atoms with van der Waals surface area (Å²) in [6, 6.07) is 11.6. The van der Waals surface area contributed by atoms with Crippen LogP contribution >= 0.6 is 11.3 Å². The number of piperazine rings is 1. The van der Waals surface area contributed by atoms with Gasteiger partial charge in [0.1, 0.15) is 28.0 Å². The predicted molar refractivity (Wildman–Crippen MR) is 164 cm³/mol. The van der Waals surface area contributed by atoms with Gasteiger partial charge in [0.2, 0.25) is 5.91 Å². The number of nitrogens with one attached hydrogen (secondary N) is 1. The molecule has 1 amide bonds. The van der Waals surface area contributed by atoms with E-state index >= 15 is 4.39 Å². The second-order valence-electron chi connectivity index (χ2n) is 11.4. The molecule has 10 nitrogen and oxygen atoms in total. The minimum Gasteiger partial charge on any atom is -0.389 e. The van der Waals surface area contributed by atoms with E-state index < -0.39 is 11.9 Å². The van der Waals surface area contributed by atoms with Gasteiger partial charge < -0.3 is 25.1 Å². The predicted octanol–water partition coefficient (Wildman–Crippen LogP) is 3.20. The van der Waals surface area contributed by atoms with E-state index in [-0.39, 0.29) is 17.2 Å². The molecule has 0 bridgehead atoms. The van der Waals surface area contributed by atoms with Gasteiger partial charge in [-0.25, -0.2) is 18.7 Å². The summed E-state index contributed by atoms with van der Waals surface area (Å²) < 4.78 is 29.4. The number of hydrogen-bond donors (Lipinski definition) is 2. The fraction of sp³-hybridized carbons (Fsp3) is 0.355. The van der Waals surface area contributed by atoms with Crippen molar-refractivity contribution in [2.75, 3.05) is 62.7 Å². The number of rotatable bonds is 6. The summed E-state index contributed by atoms with van der Waals surface area (Å²) in [5.41, 5.74) is 4.62. The maximum Gasteiger partial charge on any atom is 0.236 e. The molecule has 13 heteroatoms. The average molecular weight is 617 g/mol. The number of carbonyl (C=O) groups is 1. The number of nitriles is 1. The monoisotopic (exact) mass is 616 g/mol. The minimum absolute atomic E-state index is 0.0195. The second-order valence-corrected chi connectivity index (χ2v) is 12.4. The Kier molecular flexibility index (Phi) is 7.37. The lowest BCUT2D eigenvalue weighted by Crippen LogP contribution is -2.57. The summed E-state index contributed by atoms with van der Waals surface area (Å²) in [4.78, 5) is 30.1. The first-order valence-corrected chi connectivity index (χ1v) is 15.3. The molecular formula is C31H30F2N8O2S. The van der Waals surface area contributed by atoms with Crippen LogP contribution in [0.15, 0.2) is 36.4 Å². The van der Waals surface area contributed by atoms with Crippen LogP contribution in [0.1, 0.15) is 16.1 Å². The zero-order valence-electron chi connectivity index (χ0n) is 24.1. The second kappa shape index (κ2) is 11.4. The van der Waals surface area contributed by atoms with Gasteiger partial charge in [-0.3, -0.25) is 9.69 Å². The molecule has 5 heterocycles. The standard InChI is InChI=1S/C31H30F2N8O2S/c1-38(31-37-28(26(12-34)44-31)18-2-4-19(32)5-3-18)30-22-10-20(11-24(33)29(22)36-25-14-35-13-23(25)30)40-8-6-39(7-9-40)17-27(43)41-15-21(42)16-41/h2-5,10-11,21,35,42H,6-9,13-17H2,1H3. The van der Waals surface area contributed by atoms with E-state index in [9.17, 15) is 19.6 Å². The fourth-order valence-corrected chi connectivity index (χ4v) is 6.98. The molecular weight excluding hydrogens is 586 g/mol. The Hall–Kier alpha value is -4.22. The number of thiazole rings is 1. The minimum atomic E-state index is -0.421. The van der Waals surface area contributed by atoms with Crippen molar-refractivity contribution in [3.8, 4) is 17.3 Å². The van der Waals surface area contributed by atoms with Gasteiger partial charge in [0, 0.05) is 81.6 Å². The lowest BCUT2D eigenvalue weighted by Gasteiger charge is -2.39.